The van der Waals surface area contributed by atoms with Gasteiger partial charge in [0.05, 0.1) is 17.5 Å². The predicted molar refractivity (Wildman–Crippen MR) is 128 cm³/mol. The number of piperazine rings is 1. The van der Waals surface area contributed by atoms with Crippen LogP contribution in [0.5, 0.6) is 0 Å². The molecule has 3 aromatic rings. The fraction of sp³-hybridized carbons (Fsp3) is 0.400. The second kappa shape index (κ2) is 9.96. The molecule has 1 fully saturated rings. The van der Waals surface area contributed by atoms with Crippen molar-refractivity contribution in [2.24, 2.45) is 7.05 Å². The summed E-state index contributed by atoms with van der Waals surface area (Å²) in [5, 5.41) is 8.66. The smallest absolute Gasteiger partial charge is 0.274 e. The van der Waals surface area contributed by atoms with Gasteiger partial charge in [-0.15, -0.1) is 0 Å². The van der Waals surface area contributed by atoms with E-state index in [0.717, 1.165) is 44.5 Å². The van der Waals surface area contributed by atoms with Gasteiger partial charge in [0.2, 0.25) is 5.91 Å². The van der Waals surface area contributed by atoms with Gasteiger partial charge in [0.1, 0.15) is 0 Å². The van der Waals surface area contributed by atoms with Gasteiger partial charge in [-0.2, -0.15) is 5.10 Å². The van der Waals surface area contributed by atoms with Gasteiger partial charge in [0.25, 0.3) is 5.56 Å². The number of aryl methyl sites for hydroxylation is 2. The van der Waals surface area contributed by atoms with Crippen LogP contribution in [0.25, 0.3) is 10.8 Å². The average Bonchev–Trinajstić information content (AvgIpc) is 2.80. The molecule has 0 unspecified atom stereocenters. The first-order valence-electron chi connectivity index (χ1n) is 11.3. The number of rotatable bonds is 7. The second-order valence-corrected chi connectivity index (χ2v) is 8.47. The summed E-state index contributed by atoms with van der Waals surface area (Å²) in [5.41, 5.74) is 3.08. The van der Waals surface area contributed by atoms with Crippen LogP contribution in [-0.2, 0) is 18.3 Å². The highest BCUT2D eigenvalue weighted by Gasteiger charge is 2.17. The molecule has 1 aliphatic rings. The minimum Gasteiger partial charge on any atom is -0.369 e. The van der Waals surface area contributed by atoms with Gasteiger partial charge in [-0.05, 0) is 43.7 Å². The lowest BCUT2D eigenvalue weighted by molar-refractivity contribution is -0.120. The van der Waals surface area contributed by atoms with Crippen LogP contribution in [0.4, 0.5) is 5.69 Å². The fourth-order valence-corrected chi connectivity index (χ4v) is 4.31. The van der Waals surface area contributed by atoms with Crippen LogP contribution in [0.15, 0.2) is 53.3 Å². The van der Waals surface area contributed by atoms with Crippen molar-refractivity contribution in [1.82, 2.24) is 20.0 Å². The van der Waals surface area contributed by atoms with Gasteiger partial charge in [-0.1, -0.05) is 30.3 Å². The molecule has 0 radical (unpaired) electrons. The van der Waals surface area contributed by atoms with E-state index in [1.54, 1.807) is 13.1 Å². The molecular formula is C25H31N5O2. The van der Waals surface area contributed by atoms with E-state index in [-0.39, 0.29) is 17.9 Å². The SMILES string of the molecule is Cc1cccc(N2CCN(CCCNC(=O)Cc3nn(C)c(=O)c4ccccc34)CC2)c1. The van der Waals surface area contributed by atoms with E-state index in [4.69, 9.17) is 0 Å². The molecule has 1 aliphatic heterocycles. The Bertz CT molecular complexity index is 1150. The zero-order valence-electron chi connectivity index (χ0n) is 18.9. The number of carbonyl (C=O) groups excluding carboxylic acids is 1. The van der Waals surface area contributed by atoms with Crippen LogP contribution in [0, 0.1) is 6.92 Å². The number of hydrogen-bond donors (Lipinski definition) is 1. The minimum absolute atomic E-state index is 0.0643. The zero-order chi connectivity index (χ0) is 22.5. The number of nitrogens with one attached hydrogen (secondary N) is 1. The summed E-state index contributed by atoms with van der Waals surface area (Å²) in [7, 11) is 1.62. The third-order valence-corrected chi connectivity index (χ3v) is 6.07. The van der Waals surface area contributed by atoms with Crippen molar-refractivity contribution in [2.45, 2.75) is 19.8 Å². The molecule has 1 aromatic heterocycles. The van der Waals surface area contributed by atoms with Crippen LogP contribution in [-0.4, -0.2) is 59.9 Å². The Morgan fingerprint density at radius 1 is 1.03 bits per heavy atom. The number of anilines is 1. The standard InChI is InChI=1S/C25H31N5O2/c1-19-7-5-8-20(17-19)30-15-13-29(14-16-30)12-6-11-26-24(31)18-23-21-9-3-4-10-22(21)25(32)28(2)27-23/h3-5,7-10,17H,6,11-16,18H2,1-2H3,(H,26,31). The Balaban J connectivity index is 1.22. The van der Waals surface area contributed by atoms with Crippen molar-refractivity contribution in [3.63, 3.8) is 0 Å². The molecule has 0 atom stereocenters. The van der Waals surface area contributed by atoms with E-state index < -0.39 is 0 Å². The summed E-state index contributed by atoms with van der Waals surface area (Å²) in [6, 6.07) is 16.0. The molecule has 7 nitrogen and oxygen atoms in total. The second-order valence-electron chi connectivity index (χ2n) is 8.47. The molecule has 2 aromatic carbocycles. The Labute approximate surface area is 188 Å². The van der Waals surface area contributed by atoms with Crippen molar-refractivity contribution in [3.8, 4) is 0 Å². The van der Waals surface area contributed by atoms with E-state index in [2.05, 4.69) is 51.4 Å². The highest BCUT2D eigenvalue weighted by Crippen LogP contribution is 2.18. The first-order chi connectivity index (χ1) is 15.5. The maximum absolute atomic E-state index is 12.5. The normalized spacial score (nSPS) is 14.6. The van der Waals surface area contributed by atoms with Gasteiger partial charge in [0, 0.05) is 50.8 Å². The Kier molecular flexibility index (Phi) is 6.85. The van der Waals surface area contributed by atoms with Crippen LogP contribution in [0.2, 0.25) is 0 Å². The lowest BCUT2D eigenvalue weighted by atomic mass is 10.1. The van der Waals surface area contributed by atoms with E-state index >= 15 is 0 Å². The van der Waals surface area contributed by atoms with Crippen molar-refractivity contribution in [1.29, 1.82) is 0 Å². The lowest BCUT2D eigenvalue weighted by Crippen LogP contribution is -2.47. The van der Waals surface area contributed by atoms with Crippen LogP contribution in [0.1, 0.15) is 17.7 Å². The largest absolute Gasteiger partial charge is 0.369 e. The number of amides is 1. The van der Waals surface area contributed by atoms with E-state index in [9.17, 15) is 9.59 Å². The van der Waals surface area contributed by atoms with Crippen LogP contribution < -0.4 is 15.8 Å². The van der Waals surface area contributed by atoms with E-state index in [1.807, 2.05) is 18.2 Å². The molecule has 0 aliphatic carbocycles. The fourth-order valence-electron chi connectivity index (χ4n) is 4.31. The molecule has 32 heavy (non-hydrogen) atoms. The maximum Gasteiger partial charge on any atom is 0.274 e. The molecule has 0 saturated carbocycles. The van der Waals surface area contributed by atoms with Gasteiger partial charge in [0.15, 0.2) is 0 Å². The molecule has 4 rings (SSSR count). The number of benzene rings is 2. The minimum atomic E-state index is -0.146. The number of fused-ring (bicyclic) bond motifs is 1. The number of aromatic nitrogens is 2. The topological polar surface area (TPSA) is 70.5 Å². The molecule has 1 amide bonds. The molecule has 168 valence electrons. The summed E-state index contributed by atoms with van der Waals surface area (Å²) >= 11 is 0. The summed E-state index contributed by atoms with van der Waals surface area (Å²) < 4.78 is 1.31. The molecule has 0 bridgehead atoms. The van der Waals surface area contributed by atoms with Crippen molar-refractivity contribution in [3.05, 3.63) is 70.1 Å². The monoisotopic (exact) mass is 433 g/mol. The van der Waals surface area contributed by atoms with Gasteiger partial charge in [-0.25, -0.2) is 4.68 Å². The van der Waals surface area contributed by atoms with E-state index in [1.165, 1.54) is 15.9 Å². The van der Waals surface area contributed by atoms with Crippen LogP contribution in [0.3, 0.4) is 0 Å². The van der Waals surface area contributed by atoms with Gasteiger partial charge in [-0.3, -0.25) is 14.5 Å². The van der Waals surface area contributed by atoms with Crippen LogP contribution >= 0.6 is 0 Å². The first kappa shape index (κ1) is 22.0. The molecule has 7 heteroatoms. The molecule has 0 spiro atoms. The Morgan fingerprint density at radius 2 is 1.78 bits per heavy atom. The van der Waals surface area contributed by atoms with Crippen molar-refractivity contribution < 1.29 is 4.79 Å². The quantitative estimate of drug-likeness (QED) is 0.578. The zero-order valence-corrected chi connectivity index (χ0v) is 18.9. The molecular weight excluding hydrogens is 402 g/mol. The highest BCUT2D eigenvalue weighted by molar-refractivity contribution is 5.88. The predicted octanol–water partition coefficient (Wildman–Crippen LogP) is 2.11. The number of nitrogens with zero attached hydrogens (tertiary/aromatic N) is 4. The Hall–Kier alpha value is -3.19. The summed E-state index contributed by atoms with van der Waals surface area (Å²) in [5.74, 6) is -0.0643. The summed E-state index contributed by atoms with van der Waals surface area (Å²) in [6.07, 6.45) is 1.08. The van der Waals surface area contributed by atoms with Crippen molar-refractivity contribution in [2.75, 3.05) is 44.2 Å². The lowest BCUT2D eigenvalue weighted by Gasteiger charge is -2.36. The molecule has 2 heterocycles. The number of hydrogen-bond acceptors (Lipinski definition) is 5. The van der Waals surface area contributed by atoms with E-state index in [0.29, 0.717) is 17.6 Å². The average molecular weight is 434 g/mol. The van der Waals surface area contributed by atoms with Gasteiger partial charge < -0.3 is 10.2 Å². The summed E-state index contributed by atoms with van der Waals surface area (Å²) in [6.45, 7) is 7.88. The maximum atomic E-state index is 12.5. The third-order valence-electron chi connectivity index (χ3n) is 6.07. The third kappa shape index (κ3) is 5.16. The Morgan fingerprint density at radius 3 is 2.53 bits per heavy atom. The molecule has 1 saturated heterocycles. The van der Waals surface area contributed by atoms with Gasteiger partial charge >= 0.3 is 0 Å². The van der Waals surface area contributed by atoms with Crippen molar-refractivity contribution >= 4 is 22.4 Å². The highest BCUT2D eigenvalue weighted by atomic mass is 16.1. The summed E-state index contributed by atoms with van der Waals surface area (Å²) in [4.78, 5) is 29.6. The number of carbonyl (C=O) groups is 1. The first-order valence-corrected chi connectivity index (χ1v) is 11.3. The molecule has 1 N–H and O–H groups in total.